The van der Waals surface area contributed by atoms with Gasteiger partial charge in [0, 0.05) is 0 Å². The van der Waals surface area contributed by atoms with Crippen molar-refractivity contribution in [3.05, 3.63) is 12.7 Å². The van der Waals surface area contributed by atoms with Crippen molar-refractivity contribution in [1.82, 2.24) is 0 Å². The van der Waals surface area contributed by atoms with E-state index in [1.165, 1.54) is 70.6 Å². The smallest absolute Gasteiger partial charge is 0.0353 e. The summed E-state index contributed by atoms with van der Waals surface area (Å²) in [6, 6.07) is 0. The van der Waals surface area contributed by atoms with Crippen LogP contribution in [0.2, 0.25) is 0 Å². The first kappa shape index (κ1) is 15.7. The third-order valence-electron chi connectivity index (χ3n) is 3.45. The Morgan fingerprint density at radius 1 is 0.812 bits per heavy atom. The molecule has 96 valence electrons. The molecule has 0 aromatic rings. The molecule has 0 saturated carbocycles. The highest BCUT2D eigenvalue weighted by Gasteiger charge is 2.07. The molecule has 0 bridgehead atoms. The van der Waals surface area contributed by atoms with Crippen LogP contribution in [-0.4, -0.2) is 0 Å². The molecule has 0 aliphatic carbocycles. The molecule has 0 aromatic carbocycles. The van der Waals surface area contributed by atoms with Gasteiger partial charge in [0.15, 0.2) is 0 Å². The molecular formula is C16H32. The number of unbranched alkanes of at least 4 members (excludes halogenated alkanes) is 5. The first-order valence-corrected chi connectivity index (χ1v) is 7.46. The van der Waals surface area contributed by atoms with Crippen LogP contribution in [-0.2, 0) is 0 Å². The van der Waals surface area contributed by atoms with Gasteiger partial charge in [-0.15, -0.1) is 6.58 Å². The minimum absolute atomic E-state index is 1.01. The third-order valence-corrected chi connectivity index (χ3v) is 3.45. The first-order valence-electron chi connectivity index (χ1n) is 7.46. The minimum Gasteiger partial charge on any atom is -0.103 e. The lowest BCUT2D eigenvalue weighted by Gasteiger charge is -2.16. The van der Waals surface area contributed by atoms with Crippen LogP contribution in [0.25, 0.3) is 0 Å². The average Bonchev–Trinajstić information content (AvgIpc) is 2.31. The van der Waals surface area contributed by atoms with Gasteiger partial charge in [-0.05, 0) is 18.8 Å². The highest BCUT2D eigenvalue weighted by Crippen LogP contribution is 2.22. The summed E-state index contributed by atoms with van der Waals surface area (Å²) in [6.07, 6.45) is 17.4. The molecule has 0 amide bonds. The van der Waals surface area contributed by atoms with Crippen molar-refractivity contribution in [2.24, 2.45) is 5.92 Å². The summed E-state index contributed by atoms with van der Waals surface area (Å²) in [4.78, 5) is 0. The molecule has 0 nitrogen and oxygen atoms in total. The summed E-state index contributed by atoms with van der Waals surface area (Å²) in [7, 11) is 0. The van der Waals surface area contributed by atoms with Gasteiger partial charge >= 0.3 is 0 Å². The summed E-state index contributed by atoms with van der Waals surface area (Å²) in [5, 5.41) is 0. The van der Waals surface area contributed by atoms with Crippen molar-refractivity contribution in [3.8, 4) is 0 Å². The number of allylic oxidation sites excluding steroid dienone is 1. The van der Waals surface area contributed by atoms with E-state index in [1.54, 1.807) is 0 Å². The molecule has 0 aliphatic heterocycles. The van der Waals surface area contributed by atoms with Gasteiger partial charge in [-0.2, -0.15) is 0 Å². The van der Waals surface area contributed by atoms with Crippen molar-refractivity contribution < 1.29 is 0 Å². The molecule has 1 unspecified atom stereocenters. The maximum atomic E-state index is 3.79. The first-order chi connectivity index (χ1) is 7.85. The maximum Gasteiger partial charge on any atom is -0.0353 e. The van der Waals surface area contributed by atoms with E-state index in [-0.39, 0.29) is 0 Å². The average molecular weight is 224 g/mol. The predicted molar refractivity (Wildman–Crippen MR) is 75.8 cm³/mol. The number of rotatable bonds is 12. The lowest BCUT2D eigenvalue weighted by atomic mass is 9.90. The van der Waals surface area contributed by atoms with E-state index in [0.717, 1.165) is 5.92 Å². The van der Waals surface area contributed by atoms with Gasteiger partial charge < -0.3 is 0 Å². The molecule has 16 heavy (non-hydrogen) atoms. The monoisotopic (exact) mass is 224 g/mol. The van der Waals surface area contributed by atoms with Crippen LogP contribution >= 0.6 is 0 Å². The van der Waals surface area contributed by atoms with Crippen molar-refractivity contribution >= 4 is 0 Å². The summed E-state index contributed by atoms with van der Waals surface area (Å²) in [5.41, 5.74) is 0. The van der Waals surface area contributed by atoms with E-state index in [1.807, 2.05) is 0 Å². The van der Waals surface area contributed by atoms with E-state index >= 15 is 0 Å². The highest BCUT2D eigenvalue weighted by atomic mass is 14.1. The minimum atomic E-state index is 1.01. The molecule has 0 aliphatic rings. The van der Waals surface area contributed by atoms with Gasteiger partial charge in [0.2, 0.25) is 0 Å². The van der Waals surface area contributed by atoms with Gasteiger partial charge in [0.1, 0.15) is 0 Å². The maximum absolute atomic E-state index is 3.79. The molecule has 0 aromatic heterocycles. The van der Waals surface area contributed by atoms with Gasteiger partial charge in [-0.25, -0.2) is 0 Å². The summed E-state index contributed by atoms with van der Waals surface area (Å²) >= 11 is 0. The fraction of sp³-hybridized carbons (Fsp3) is 0.875. The predicted octanol–water partition coefficient (Wildman–Crippen LogP) is 6.12. The SMILES string of the molecule is C=CCCCCC(CCCC)CCCCC. The Bertz CT molecular complexity index is 137. The standard InChI is InChI=1S/C16H32/c1-4-7-10-12-15-16(13-9-6-3)14-11-8-5-2/h4,16H,1,5-15H2,2-3H3. The van der Waals surface area contributed by atoms with E-state index in [2.05, 4.69) is 26.5 Å². The molecule has 0 N–H and O–H groups in total. The van der Waals surface area contributed by atoms with Crippen LogP contribution in [0, 0.1) is 5.92 Å². The van der Waals surface area contributed by atoms with Crippen molar-refractivity contribution in [2.45, 2.75) is 84.5 Å². The van der Waals surface area contributed by atoms with Crippen LogP contribution in [0.4, 0.5) is 0 Å². The van der Waals surface area contributed by atoms with Crippen LogP contribution in [0.15, 0.2) is 12.7 Å². The Morgan fingerprint density at radius 3 is 1.94 bits per heavy atom. The molecular weight excluding hydrogens is 192 g/mol. The quantitative estimate of drug-likeness (QED) is 0.277. The van der Waals surface area contributed by atoms with E-state index in [9.17, 15) is 0 Å². The Balaban J connectivity index is 3.58. The summed E-state index contributed by atoms with van der Waals surface area (Å²) in [5.74, 6) is 1.01. The molecule has 0 radical (unpaired) electrons. The zero-order valence-corrected chi connectivity index (χ0v) is 11.6. The molecule has 0 rings (SSSR count). The van der Waals surface area contributed by atoms with Gasteiger partial charge in [0.05, 0.1) is 0 Å². The second kappa shape index (κ2) is 12.8. The fourth-order valence-electron chi connectivity index (χ4n) is 2.33. The second-order valence-electron chi connectivity index (χ2n) is 5.08. The molecule has 0 spiro atoms. The highest BCUT2D eigenvalue weighted by molar-refractivity contribution is 4.67. The molecule has 1 atom stereocenters. The Labute approximate surface area is 104 Å². The van der Waals surface area contributed by atoms with Crippen LogP contribution < -0.4 is 0 Å². The van der Waals surface area contributed by atoms with Gasteiger partial charge in [-0.1, -0.05) is 77.7 Å². The van der Waals surface area contributed by atoms with Crippen molar-refractivity contribution in [3.63, 3.8) is 0 Å². The lowest BCUT2D eigenvalue weighted by Crippen LogP contribution is -2.01. The fourth-order valence-corrected chi connectivity index (χ4v) is 2.33. The Morgan fingerprint density at radius 2 is 1.38 bits per heavy atom. The number of hydrogen-bond acceptors (Lipinski definition) is 0. The molecule has 0 saturated heterocycles. The van der Waals surface area contributed by atoms with Crippen molar-refractivity contribution in [2.75, 3.05) is 0 Å². The van der Waals surface area contributed by atoms with E-state index < -0.39 is 0 Å². The Kier molecular flexibility index (Phi) is 12.6. The van der Waals surface area contributed by atoms with E-state index in [0.29, 0.717) is 0 Å². The molecule has 0 fully saturated rings. The van der Waals surface area contributed by atoms with Crippen molar-refractivity contribution in [1.29, 1.82) is 0 Å². The van der Waals surface area contributed by atoms with Crippen LogP contribution in [0.5, 0.6) is 0 Å². The molecule has 0 heterocycles. The third kappa shape index (κ3) is 10.3. The second-order valence-corrected chi connectivity index (χ2v) is 5.08. The lowest BCUT2D eigenvalue weighted by molar-refractivity contribution is 0.377. The largest absolute Gasteiger partial charge is 0.103 e. The topological polar surface area (TPSA) is 0 Å². The Hall–Kier alpha value is -0.260. The summed E-state index contributed by atoms with van der Waals surface area (Å²) < 4.78 is 0. The van der Waals surface area contributed by atoms with E-state index in [4.69, 9.17) is 0 Å². The molecule has 0 heteroatoms. The zero-order valence-electron chi connectivity index (χ0n) is 11.6. The number of hydrogen-bond donors (Lipinski definition) is 0. The van der Waals surface area contributed by atoms with Gasteiger partial charge in [0.25, 0.3) is 0 Å². The van der Waals surface area contributed by atoms with Gasteiger partial charge in [-0.3, -0.25) is 0 Å². The zero-order chi connectivity index (χ0) is 12.1. The summed E-state index contributed by atoms with van der Waals surface area (Å²) in [6.45, 7) is 8.39. The van der Waals surface area contributed by atoms with Crippen LogP contribution in [0.3, 0.4) is 0 Å². The van der Waals surface area contributed by atoms with Crippen LogP contribution in [0.1, 0.15) is 84.5 Å². The normalized spacial score (nSPS) is 12.6.